The van der Waals surface area contributed by atoms with E-state index in [0.29, 0.717) is 10.9 Å². The number of pyridine rings is 1. The molecule has 1 rings (SSSR count). The van der Waals surface area contributed by atoms with Gasteiger partial charge < -0.3 is 4.72 Å². The molecular weight excluding hydrogens is 208 g/mol. The van der Waals surface area contributed by atoms with Crippen molar-refractivity contribution in [1.82, 2.24) is 4.98 Å². The van der Waals surface area contributed by atoms with Gasteiger partial charge in [-0.2, -0.15) is 0 Å². The number of aromatic nitrogens is 1. The van der Waals surface area contributed by atoms with Crippen molar-refractivity contribution < 1.29 is 4.21 Å². The van der Waals surface area contributed by atoms with E-state index in [4.69, 9.17) is 11.6 Å². The SMILES string of the molecule is CCS(=O)Nc1cnc(Cl)cc1C. The van der Waals surface area contributed by atoms with Crippen LogP contribution in [-0.2, 0) is 11.0 Å². The number of anilines is 1. The second-order valence-electron chi connectivity index (χ2n) is 2.56. The van der Waals surface area contributed by atoms with Crippen molar-refractivity contribution in [3.8, 4) is 0 Å². The van der Waals surface area contributed by atoms with Gasteiger partial charge in [0.1, 0.15) is 16.1 Å². The number of rotatable bonds is 3. The van der Waals surface area contributed by atoms with E-state index in [1.807, 2.05) is 13.8 Å². The van der Waals surface area contributed by atoms with Crippen LogP contribution in [0.2, 0.25) is 5.15 Å². The zero-order chi connectivity index (χ0) is 9.84. The summed E-state index contributed by atoms with van der Waals surface area (Å²) in [5.74, 6) is 0.571. The second-order valence-corrected chi connectivity index (χ2v) is 4.42. The van der Waals surface area contributed by atoms with Gasteiger partial charge in [-0.1, -0.05) is 18.5 Å². The molecule has 0 saturated heterocycles. The summed E-state index contributed by atoms with van der Waals surface area (Å²) < 4.78 is 14.0. The van der Waals surface area contributed by atoms with Crippen LogP contribution in [-0.4, -0.2) is 14.9 Å². The molecular formula is C8H11ClN2OS. The minimum Gasteiger partial charge on any atom is -0.303 e. The Morgan fingerprint density at radius 3 is 2.92 bits per heavy atom. The van der Waals surface area contributed by atoms with Crippen LogP contribution in [0.4, 0.5) is 5.69 Å². The molecule has 3 nitrogen and oxygen atoms in total. The Balaban J connectivity index is 2.83. The van der Waals surface area contributed by atoms with Gasteiger partial charge in [-0.05, 0) is 18.6 Å². The molecule has 13 heavy (non-hydrogen) atoms. The van der Waals surface area contributed by atoms with Gasteiger partial charge >= 0.3 is 0 Å². The third-order valence-corrected chi connectivity index (χ3v) is 2.74. The van der Waals surface area contributed by atoms with Crippen LogP contribution >= 0.6 is 11.6 Å². The Bertz CT molecular complexity index is 330. The van der Waals surface area contributed by atoms with Crippen LogP contribution in [0.5, 0.6) is 0 Å². The molecule has 0 aliphatic rings. The van der Waals surface area contributed by atoms with E-state index < -0.39 is 11.0 Å². The maximum Gasteiger partial charge on any atom is 0.129 e. The number of hydrogen-bond donors (Lipinski definition) is 1. The molecule has 0 spiro atoms. The summed E-state index contributed by atoms with van der Waals surface area (Å²) in [7, 11) is -1.03. The molecule has 1 aromatic rings. The number of aryl methyl sites for hydroxylation is 1. The van der Waals surface area contributed by atoms with Crippen molar-refractivity contribution >= 4 is 28.3 Å². The Morgan fingerprint density at radius 2 is 2.38 bits per heavy atom. The third kappa shape index (κ3) is 2.97. The van der Waals surface area contributed by atoms with Crippen LogP contribution in [0.25, 0.3) is 0 Å². The summed E-state index contributed by atoms with van der Waals surface area (Å²) in [5, 5.41) is 0.449. The first-order valence-corrected chi connectivity index (χ1v) is 5.60. The normalized spacial score (nSPS) is 12.5. The van der Waals surface area contributed by atoms with Crippen molar-refractivity contribution in [2.45, 2.75) is 13.8 Å². The molecule has 0 aromatic carbocycles. The van der Waals surface area contributed by atoms with Crippen LogP contribution < -0.4 is 4.72 Å². The topological polar surface area (TPSA) is 42.0 Å². The third-order valence-electron chi connectivity index (χ3n) is 1.56. The van der Waals surface area contributed by atoms with Gasteiger partial charge in [0.25, 0.3) is 0 Å². The van der Waals surface area contributed by atoms with Crippen LogP contribution in [0.15, 0.2) is 12.3 Å². The zero-order valence-electron chi connectivity index (χ0n) is 7.50. The van der Waals surface area contributed by atoms with Crippen molar-refractivity contribution in [1.29, 1.82) is 0 Å². The molecule has 72 valence electrons. The lowest BCUT2D eigenvalue weighted by atomic mass is 10.3. The fourth-order valence-corrected chi connectivity index (χ4v) is 1.64. The monoisotopic (exact) mass is 218 g/mol. The lowest BCUT2D eigenvalue weighted by Crippen LogP contribution is -2.07. The molecule has 1 atom stereocenters. The van der Waals surface area contributed by atoms with E-state index >= 15 is 0 Å². The Labute approximate surface area is 85.1 Å². The molecule has 0 amide bonds. The summed E-state index contributed by atoms with van der Waals surface area (Å²) in [5.41, 5.74) is 1.71. The molecule has 1 unspecified atom stereocenters. The number of halogens is 1. The number of nitrogens with one attached hydrogen (secondary N) is 1. The minimum atomic E-state index is -1.03. The molecule has 1 heterocycles. The van der Waals surface area contributed by atoms with Crippen molar-refractivity contribution in [3.63, 3.8) is 0 Å². The molecule has 1 aromatic heterocycles. The molecule has 0 aliphatic heterocycles. The zero-order valence-corrected chi connectivity index (χ0v) is 9.08. The standard InChI is InChI=1S/C8H11ClN2OS/c1-3-13(12)11-7-5-10-8(9)4-6(7)2/h4-5,11H,3H2,1-2H3. The van der Waals surface area contributed by atoms with Crippen LogP contribution in [0.1, 0.15) is 12.5 Å². The van der Waals surface area contributed by atoms with Gasteiger partial charge in [-0.25, -0.2) is 9.19 Å². The van der Waals surface area contributed by atoms with Gasteiger partial charge in [-0.15, -0.1) is 0 Å². The van der Waals surface area contributed by atoms with Crippen LogP contribution in [0.3, 0.4) is 0 Å². The van der Waals surface area contributed by atoms with E-state index in [9.17, 15) is 4.21 Å². The number of nitrogens with zero attached hydrogens (tertiary/aromatic N) is 1. The molecule has 0 aliphatic carbocycles. The lowest BCUT2D eigenvalue weighted by Gasteiger charge is -2.06. The second kappa shape index (κ2) is 4.58. The molecule has 0 radical (unpaired) electrons. The molecule has 0 saturated carbocycles. The van der Waals surface area contributed by atoms with Crippen LogP contribution in [0, 0.1) is 6.92 Å². The predicted octanol–water partition coefficient (Wildman–Crippen LogP) is 2.14. The van der Waals surface area contributed by atoms with Gasteiger partial charge in [-0.3, -0.25) is 0 Å². The summed E-state index contributed by atoms with van der Waals surface area (Å²) in [6.07, 6.45) is 1.59. The summed E-state index contributed by atoms with van der Waals surface area (Å²) >= 11 is 5.67. The first-order chi connectivity index (χ1) is 6.13. The highest BCUT2D eigenvalue weighted by atomic mass is 35.5. The van der Waals surface area contributed by atoms with E-state index in [-0.39, 0.29) is 0 Å². The maximum absolute atomic E-state index is 11.2. The summed E-state index contributed by atoms with van der Waals surface area (Å²) in [6, 6.07) is 1.73. The average molecular weight is 219 g/mol. The smallest absolute Gasteiger partial charge is 0.129 e. The molecule has 5 heteroatoms. The van der Waals surface area contributed by atoms with Crippen molar-refractivity contribution in [2.24, 2.45) is 0 Å². The maximum atomic E-state index is 11.2. The van der Waals surface area contributed by atoms with E-state index in [1.54, 1.807) is 12.3 Å². The number of hydrogen-bond acceptors (Lipinski definition) is 2. The molecule has 1 N–H and O–H groups in total. The van der Waals surface area contributed by atoms with Crippen molar-refractivity contribution in [3.05, 3.63) is 23.0 Å². The Kier molecular flexibility index (Phi) is 3.69. The average Bonchev–Trinajstić information content (AvgIpc) is 2.09. The van der Waals surface area contributed by atoms with Gasteiger partial charge in [0.05, 0.1) is 11.9 Å². The highest BCUT2D eigenvalue weighted by Gasteiger charge is 2.01. The minimum absolute atomic E-state index is 0.449. The van der Waals surface area contributed by atoms with Gasteiger partial charge in [0.2, 0.25) is 0 Å². The molecule has 0 bridgehead atoms. The largest absolute Gasteiger partial charge is 0.303 e. The summed E-state index contributed by atoms with van der Waals surface area (Å²) in [6.45, 7) is 3.74. The van der Waals surface area contributed by atoms with E-state index in [2.05, 4.69) is 9.71 Å². The lowest BCUT2D eigenvalue weighted by molar-refractivity contribution is 0.687. The van der Waals surface area contributed by atoms with Gasteiger partial charge in [0, 0.05) is 5.75 Å². The predicted molar refractivity (Wildman–Crippen MR) is 56.3 cm³/mol. The van der Waals surface area contributed by atoms with E-state index in [1.165, 1.54) is 0 Å². The highest BCUT2D eigenvalue weighted by molar-refractivity contribution is 7.86. The van der Waals surface area contributed by atoms with Crippen molar-refractivity contribution in [2.75, 3.05) is 10.5 Å². The van der Waals surface area contributed by atoms with Gasteiger partial charge in [0.15, 0.2) is 0 Å². The fraction of sp³-hybridized carbons (Fsp3) is 0.375. The summed E-state index contributed by atoms with van der Waals surface area (Å²) in [4.78, 5) is 3.90. The fourth-order valence-electron chi connectivity index (χ4n) is 0.823. The molecule has 0 fully saturated rings. The first kappa shape index (κ1) is 10.5. The highest BCUT2D eigenvalue weighted by Crippen LogP contribution is 2.16. The Hall–Kier alpha value is -0.610. The quantitative estimate of drug-likeness (QED) is 0.790. The van der Waals surface area contributed by atoms with E-state index in [0.717, 1.165) is 11.3 Å². The Morgan fingerprint density at radius 1 is 1.69 bits per heavy atom. The first-order valence-electron chi connectivity index (χ1n) is 3.90.